The molecule has 0 atom stereocenters. The molecule has 0 aliphatic carbocycles. The maximum absolute atomic E-state index is 5.50. The van der Waals surface area contributed by atoms with Crippen LogP contribution >= 0.6 is 0 Å². The number of ether oxygens (including phenoxy) is 2. The van der Waals surface area contributed by atoms with Gasteiger partial charge in [0.25, 0.3) is 0 Å². The van der Waals surface area contributed by atoms with Crippen LogP contribution in [0, 0.1) is 0 Å². The molecule has 1 aliphatic rings. The van der Waals surface area contributed by atoms with Crippen molar-refractivity contribution in [1.82, 2.24) is 5.32 Å². The number of nitrogens with one attached hydrogen (secondary N) is 1. The largest absolute Gasteiger partial charge is 0.496 e. The summed E-state index contributed by atoms with van der Waals surface area (Å²) in [6, 6.07) is 8.34. The van der Waals surface area contributed by atoms with Crippen LogP contribution in [0.25, 0.3) is 0 Å². The molecule has 0 bridgehead atoms. The molecule has 3 nitrogen and oxygen atoms in total. The number of rotatable bonds is 4. The highest BCUT2D eigenvalue weighted by Crippen LogP contribution is 2.39. The van der Waals surface area contributed by atoms with Gasteiger partial charge in [0.15, 0.2) is 0 Å². The number of benzene rings is 1. The van der Waals surface area contributed by atoms with Crippen LogP contribution in [0.2, 0.25) is 0 Å². The highest BCUT2D eigenvalue weighted by Gasteiger charge is 2.35. The SMILES string of the molecule is CNCC1(c2ccccc2OC)CCOCC1. The quantitative estimate of drug-likeness (QED) is 0.865. The minimum atomic E-state index is 0.152. The number of likely N-dealkylation sites (N-methyl/N-ethyl adjacent to an activating group) is 1. The van der Waals surface area contributed by atoms with Crippen molar-refractivity contribution in [3.05, 3.63) is 29.8 Å². The van der Waals surface area contributed by atoms with Crippen molar-refractivity contribution in [1.29, 1.82) is 0 Å². The fourth-order valence-corrected chi connectivity index (χ4v) is 2.72. The zero-order chi connectivity index (χ0) is 12.1. The zero-order valence-corrected chi connectivity index (χ0v) is 10.7. The summed E-state index contributed by atoms with van der Waals surface area (Å²) in [7, 11) is 3.75. The first-order chi connectivity index (χ1) is 8.32. The molecular weight excluding hydrogens is 214 g/mol. The highest BCUT2D eigenvalue weighted by molar-refractivity contribution is 5.40. The van der Waals surface area contributed by atoms with Gasteiger partial charge in [-0.3, -0.25) is 0 Å². The lowest BCUT2D eigenvalue weighted by atomic mass is 9.73. The minimum Gasteiger partial charge on any atom is -0.496 e. The van der Waals surface area contributed by atoms with E-state index in [1.165, 1.54) is 5.56 Å². The molecule has 17 heavy (non-hydrogen) atoms. The van der Waals surface area contributed by atoms with E-state index >= 15 is 0 Å². The summed E-state index contributed by atoms with van der Waals surface area (Å²) < 4.78 is 11.0. The maximum atomic E-state index is 5.50. The Labute approximate surface area is 103 Å². The van der Waals surface area contributed by atoms with E-state index in [0.29, 0.717) is 0 Å². The molecule has 1 heterocycles. The van der Waals surface area contributed by atoms with Crippen molar-refractivity contribution in [2.45, 2.75) is 18.3 Å². The third kappa shape index (κ3) is 2.45. The Bertz CT molecular complexity index is 353. The van der Waals surface area contributed by atoms with Crippen LogP contribution in [0.15, 0.2) is 24.3 Å². The molecule has 0 spiro atoms. The molecule has 1 saturated heterocycles. The zero-order valence-electron chi connectivity index (χ0n) is 10.7. The van der Waals surface area contributed by atoms with E-state index < -0.39 is 0 Å². The lowest BCUT2D eigenvalue weighted by Crippen LogP contribution is -2.42. The van der Waals surface area contributed by atoms with Gasteiger partial charge in [0, 0.05) is 30.7 Å². The number of hydrogen-bond donors (Lipinski definition) is 1. The number of para-hydroxylation sites is 1. The molecule has 0 aromatic heterocycles. The van der Waals surface area contributed by atoms with E-state index in [-0.39, 0.29) is 5.41 Å². The van der Waals surface area contributed by atoms with E-state index in [4.69, 9.17) is 9.47 Å². The van der Waals surface area contributed by atoms with Crippen molar-refractivity contribution in [2.24, 2.45) is 0 Å². The predicted molar refractivity (Wildman–Crippen MR) is 68.7 cm³/mol. The third-order valence-electron chi connectivity index (χ3n) is 3.64. The minimum absolute atomic E-state index is 0.152. The standard InChI is InChI=1S/C14H21NO2/c1-15-11-14(7-9-17-10-8-14)12-5-3-4-6-13(12)16-2/h3-6,15H,7-11H2,1-2H3. The van der Waals surface area contributed by atoms with Crippen molar-refractivity contribution >= 4 is 0 Å². The average molecular weight is 235 g/mol. The van der Waals surface area contributed by atoms with E-state index in [1.54, 1.807) is 7.11 Å². The Morgan fingerprint density at radius 1 is 1.29 bits per heavy atom. The van der Waals surface area contributed by atoms with Gasteiger partial charge < -0.3 is 14.8 Å². The van der Waals surface area contributed by atoms with Crippen LogP contribution in [0.3, 0.4) is 0 Å². The van der Waals surface area contributed by atoms with Crippen molar-refractivity contribution < 1.29 is 9.47 Å². The summed E-state index contributed by atoms with van der Waals surface area (Å²) >= 11 is 0. The Morgan fingerprint density at radius 2 is 2.00 bits per heavy atom. The first-order valence-corrected chi connectivity index (χ1v) is 6.18. The highest BCUT2D eigenvalue weighted by atomic mass is 16.5. The van der Waals surface area contributed by atoms with Gasteiger partial charge >= 0.3 is 0 Å². The lowest BCUT2D eigenvalue weighted by molar-refractivity contribution is 0.0497. The van der Waals surface area contributed by atoms with Gasteiger partial charge in [-0.1, -0.05) is 18.2 Å². The summed E-state index contributed by atoms with van der Waals surface area (Å²) in [6.07, 6.45) is 2.10. The van der Waals surface area contributed by atoms with Crippen molar-refractivity contribution in [3.8, 4) is 5.75 Å². The molecule has 94 valence electrons. The first kappa shape index (κ1) is 12.4. The molecule has 0 unspecified atom stereocenters. The van der Waals surface area contributed by atoms with Crippen LogP contribution in [-0.2, 0) is 10.2 Å². The van der Waals surface area contributed by atoms with Crippen molar-refractivity contribution in [3.63, 3.8) is 0 Å². The third-order valence-corrected chi connectivity index (χ3v) is 3.64. The summed E-state index contributed by atoms with van der Waals surface area (Å²) in [5.74, 6) is 0.990. The van der Waals surface area contributed by atoms with Gasteiger partial charge in [-0.25, -0.2) is 0 Å². The fraction of sp³-hybridized carbons (Fsp3) is 0.571. The summed E-state index contributed by atoms with van der Waals surface area (Å²) in [6.45, 7) is 2.64. The molecule has 0 amide bonds. The van der Waals surface area contributed by atoms with Gasteiger partial charge in [-0.05, 0) is 26.0 Å². The molecular formula is C14H21NO2. The summed E-state index contributed by atoms with van der Waals surface area (Å²) in [5, 5.41) is 3.32. The van der Waals surface area contributed by atoms with Crippen LogP contribution in [0.4, 0.5) is 0 Å². The molecule has 1 aliphatic heterocycles. The molecule has 1 aromatic rings. The van der Waals surface area contributed by atoms with Gasteiger partial charge in [0.1, 0.15) is 5.75 Å². The van der Waals surface area contributed by atoms with E-state index in [0.717, 1.165) is 38.3 Å². The number of methoxy groups -OCH3 is 1. The second-order valence-corrected chi connectivity index (χ2v) is 4.62. The van der Waals surface area contributed by atoms with E-state index in [9.17, 15) is 0 Å². The Hall–Kier alpha value is -1.06. The normalized spacial score (nSPS) is 18.9. The lowest BCUT2D eigenvalue weighted by Gasteiger charge is -2.38. The van der Waals surface area contributed by atoms with Gasteiger partial charge in [-0.2, -0.15) is 0 Å². The Kier molecular flexibility index (Phi) is 4.02. The second kappa shape index (κ2) is 5.52. The smallest absolute Gasteiger partial charge is 0.122 e. The van der Waals surface area contributed by atoms with E-state index in [1.807, 2.05) is 19.2 Å². The van der Waals surface area contributed by atoms with Gasteiger partial charge in [0.2, 0.25) is 0 Å². The molecule has 0 saturated carbocycles. The molecule has 0 radical (unpaired) electrons. The van der Waals surface area contributed by atoms with Crippen LogP contribution in [-0.4, -0.2) is 33.9 Å². The average Bonchev–Trinajstić information content (AvgIpc) is 2.40. The van der Waals surface area contributed by atoms with Gasteiger partial charge in [0.05, 0.1) is 7.11 Å². The van der Waals surface area contributed by atoms with Gasteiger partial charge in [-0.15, -0.1) is 0 Å². The molecule has 3 heteroatoms. The Balaban J connectivity index is 2.37. The molecule has 1 aromatic carbocycles. The Morgan fingerprint density at radius 3 is 2.65 bits per heavy atom. The first-order valence-electron chi connectivity index (χ1n) is 6.18. The topological polar surface area (TPSA) is 30.5 Å². The predicted octanol–water partition coefficient (Wildman–Crippen LogP) is 1.96. The monoisotopic (exact) mass is 235 g/mol. The van der Waals surface area contributed by atoms with Crippen LogP contribution < -0.4 is 10.1 Å². The second-order valence-electron chi connectivity index (χ2n) is 4.62. The maximum Gasteiger partial charge on any atom is 0.122 e. The summed E-state index contributed by atoms with van der Waals surface area (Å²) in [4.78, 5) is 0. The number of hydrogen-bond acceptors (Lipinski definition) is 3. The molecule has 1 N–H and O–H groups in total. The molecule has 1 fully saturated rings. The summed E-state index contributed by atoms with van der Waals surface area (Å²) in [5.41, 5.74) is 1.46. The van der Waals surface area contributed by atoms with Crippen LogP contribution in [0.5, 0.6) is 5.75 Å². The molecule has 2 rings (SSSR count). The fourth-order valence-electron chi connectivity index (χ4n) is 2.72. The van der Waals surface area contributed by atoms with Crippen molar-refractivity contribution in [2.75, 3.05) is 33.9 Å². The van der Waals surface area contributed by atoms with Crippen LogP contribution in [0.1, 0.15) is 18.4 Å². The van der Waals surface area contributed by atoms with E-state index in [2.05, 4.69) is 17.4 Å².